The highest BCUT2D eigenvalue weighted by atomic mass is 35.5. The molecular weight excluding hydrogens is 374 g/mol. The monoisotopic (exact) mass is 391 g/mol. The number of hydrogen-bond donors (Lipinski definition) is 0. The Bertz CT molecular complexity index is 1080. The maximum absolute atomic E-state index is 12.1. The summed E-state index contributed by atoms with van der Waals surface area (Å²) in [4.78, 5) is 12.1. The maximum Gasteiger partial charge on any atom is 0.348 e. The van der Waals surface area contributed by atoms with Gasteiger partial charge in [-0.15, -0.1) is 0 Å². The average molecular weight is 392 g/mol. The van der Waals surface area contributed by atoms with Gasteiger partial charge in [-0.05, 0) is 35.9 Å². The second kappa shape index (κ2) is 9.07. The van der Waals surface area contributed by atoms with Crippen molar-refractivity contribution in [1.29, 1.82) is 5.26 Å². The van der Waals surface area contributed by atoms with Crippen molar-refractivity contribution in [2.75, 3.05) is 6.61 Å². The van der Waals surface area contributed by atoms with E-state index in [9.17, 15) is 10.1 Å². The van der Waals surface area contributed by atoms with Gasteiger partial charge in [0.1, 0.15) is 24.0 Å². The van der Waals surface area contributed by atoms with Crippen molar-refractivity contribution in [3.8, 4) is 11.8 Å². The van der Waals surface area contributed by atoms with E-state index in [-0.39, 0.29) is 18.8 Å². The smallest absolute Gasteiger partial charge is 0.348 e. The van der Waals surface area contributed by atoms with Gasteiger partial charge in [-0.2, -0.15) is 5.26 Å². The molecule has 140 valence electrons. The first kappa shape index (κ1) is 19.5. The standard InChI is InChI=1S/C23H18ClNO3/c1-2-27-23(26)18(14-25)13-20-19-9-5-3-7-16(19)11-12-22(20)28-15-17-8-4-6-10-21(17)24/h3-13H,2,15H2,1H3/b18-13+. The molecule has 0 unspecified atom stereocenters. The number of esters is 1. The van der Waals surface area contributed by atoms with Gasteiger partial charge in [0.15, 0.2) is 0 Å². The third-order valence-corrected chi connectivity index (χ3v) is 4.54. The van der Waals surface area contributed by atoms with Gasteiger partial charge in [0.05, 0.1) is 6.61 Å². The molecule has 0 N–H and O–H groups in total. The number of nitrogens with zero attached hydrogens (tertiary/aromatic N) is 1. The summed E-state index contributed by atoms with van der Waals surface area (Å²) in [5.74, 6) is -0.106. The fourth-order valence-electron chi connectivity index (χ4n) is 2.81. The number of hydrogen-bond acceptors (Lipinski definition) is 4. The number of ether oxygens (including phenoxy) is 2. The van der Waals surface area contributed by atoms with Crippen molar-refractivity contribution in [2.45, 2.75) is 13.5 Å². The maximum atomic E-state index is 12.1. The summed E-state index contributed by atoms with van der Waals surface area (Å²) in [6, 6.07) is 20.8. The molecule has 0 radical (unpaired) electrons. The molecule has 0 atom stereocenters. The van der Waals surface area contributed by atoms with Gasteiger partial charge in [-0.3, -0.25) is 0 Å². The topological polar surface area (TPSA) is 59.3 Å². The molecule has 28 heavy (non-hydrogen) atoms. The summed E-state index contributed by atoms with van der Waals surface area (Å²) in [6.45, 7) is 2.16. The van der Waals surface area contributed by atoms with Crippen LogP contribution in [0.4, 0.5) is 0 Å². The average Bonchev–Trinajstić information content (AvgIpc) is 2.72. The number of carbonyl (C=O) groups excluding carboxylic acids is 1. The largest absolute Gasteiger partial charge is 0.488 e. The lowest BCUT2D eigenvalue weighted by molar-refractivity contribution is -0.137. The van der Waals surface area contributed by atoms with E-state index in [1.807, 2.05) is 60.7 Å². The summed E-state index contributed by atoms with van der Waals surface area (Å²) < 4.78 is 11.0. The molecular formula is C23H18ClNO3. The van der Waals surface area contributed by atoms with Gasteiger partial charge in [-0.25, -0.2) is 4.79 Å². The van der Waals surface area contributed by atoms with Crippen LogP contribution < -0.4 is 4.74 Å². The van der Waals surface area contributed by atoms with Crippen molar-refractivity contribution in [3.63, 3.8) is 0 Å². The second-order valence-electron chi connectivity index (χ2n) is 5.97. The fourth-order valence-corrected chi connectivity index (χ4v) is 3.00. The Balaban J connectivity index is 2.05. The van der Waals surface area contributed by atoms with E-state index in [2.05, 4.69) is 0 Å². The van der Waals surface area contributed by atoms with Gasteiger partial charge < -0.3 is 9.47 Å². The molecule has 3 aromatic carbocycles. The van der Waals surface area contributed by atoms with Crippen LogP contribution in [-0.2, 0) is 16.1 Å². The first-order chi connectivity index (χ1) is 13.6. The third-order valence-electron chi connectivity index (χ3n) is 4.18. The van der Waals surface area contributed by atoms with Crippen LogP contribution in [0.3, 0.4) is 0 Å². The molecule has 0 aliphatic carbocycles. The Kier molecular flexibility index (Phi) is 6.31. The van der Waals surface area contributed by atoms with Crippen molar-refractivity contribution < 1.29 is 14.3 Å². The summed E-state index contributed by atoms with van der Waals surface area (Å²) in [7, 11) is 0. The Morgan fingerprint density at radius 3 is 2.61 bits per heavy atom. The number of nitriles is 1. The minimum atomic E-state index is -0.657. The van der Waals surface area contributed by atoms with Crippen LogP contribution in [0.1, 0.15) is 18.1 Å². The normalized spacial score (nSPS) is 11.1. The van der Waals surface area contributed by atoms with E-state index in [0.29, 0.717) is 16.3 Å². The lowest BCUT2D eigenvalue weighted by Gasteiger charge is -2.13. The molecule has 0 bridgehead atoms. The Labute approximate surface area is 168 Å². The molecule has 0 fully saturated rings. The number of halogens is 1. The first-order valence-corrected chi connectivity index (χ1v) is 9.18. The minimum Gasteiger partial charge on any atom is -0.488 e. The van der Waals surface area contributed by atoms with E-state index in [4.69, 9.17) is 21.1 Å². The molecule has 0 aliphatic rings. The molecule has 5 heteroatoms. The SMILES string of the molecule is CCOC(=O)/C(C#N)=C/c1c(OCc2ccccc2Cl)ccc2ccccc12. The predicted octanol–water partition coefficient (Wildman–Crippen LogP) is 5.54. The quantitative estimate of drug-likeness (QED) is 0.314. The van der Waals surface area contributed by atoms with Crippen molar-refractivity contribution >= 4 is 34.4 Å². The van der Waals surface area contributed by atoms with Crippen LogP contribution in [0.15, 0.2) is 66.2 Å². The lowest BCUT2D eigenvalue weighted by Crippen LogP contribution is -2.06. The fraction of sp³-hybridized carbons (Fsp3) is 0.130. The minimum absolute atomic E-state index is 0.0826. The number of carbonyl (C=O) groups is 1. The molecule has 0 aromatic heterocycles. The number of rotatable bonds is 6. The Morgan fingerprint density at radius 1 is 1.11 bits per heavy atom. The van der Waals surface area contributed by atoms with E-state index in [1.54, 1.807) is 13.0 Å². The molecule has 3 rings (SSSR count). The van der Waals surface area contributed by atoms with Gasteiger partial charge >= 0.3 is 5.97 Å². The van der Waals surface area contributed by atoms with E-state index < -0.39 is 5.97 Å². The summed E-state index contributed by atoms with van der Waals surface area (Å²) in [5, 5.41) is 11.9. The van der Waals surface area contributed by atoms with Crippen LogP contribution in [0.25, 0.3) is 16.8 Å². The highest BCUT2D eigenvalue weighted by molar-refractivity contribution is 6.31. The number of fused-ring (bicyclic) bond motifs is 1. The van der Waals surface area contributed by atoms with E-state index in [0.717, 1.165) is 16.3 Å². The Morgan fingerprint density at radius 2 is 1.86 bits per heavy atom. The molecule has 4 nitrogen and oxygen atoms in total. The Hall–Kier alpha value is -3.29. The highest BCUT2D eigenvalue weighted by Crippen LogP contribution is 2.31. The number of benzene rings is 3. The summed E-state index contributed by atoms with van der Waals surface area (Å²) >= 11 is 6.21. The summed E-state index contributed by atoms with van der Waals surface area (Å²) in [5.41, 5.74) is 1.41. The molecule has 0 spiro atoms. The highest BCUT2D eigenvalue weighted by Gasteiger charge is 2.14. The summed E-state index contributed by atoms with van der Waals surface area (Å²) in [6.07, 6.45) is 1.52. The predicted molar refractivity (Wildman–Crippen MR) is 110 cm³/mol. The van der Waals surface area contributed by atoms with Gasteiger partial charge in [-0.1, -0.05) is 60.1 Å². The third kappa shape index (κ3) is 4.33. The van der Waals surface area contributed by atoms with Crippen LogP contribution in [0.5, 0.6) is 5.75 Å². The zero-order chi connectivity index (χ0) is 19.9. The first-order valence-electron chi connectivity index (χ1n) is 8.81. The molecule has 0 aliphatic heterocycles. The molecule has 0 amide bonds. The van der Waals surface area contributed by atoms with Crippen molar-refractivity contribution in [3.05, 3.63) is 82.4 Å². The van der Waals surface area contributed by atoms with Crippen LogP contribution in [0, 0.1) is 11.3 Å². The van der Waals surface area contributed by atoms with Gasteiger partial charge in [0.25, 0.3) is 0 Å². The van der Waals surface area contributed by atoms with Crippen LogP contribution in [-0.4, -0.2) is 12.6 Å². The lowest BCUT2D eigenvalue weighted by atomic mass is 10.0. The molecule has 0 saturated heterocycles. The van der Waals surface area contributed by atoms with E-state index in [1.165, 1.54) is 6.08 Å². The molecule has 0 saturated carbocycles. The van der Waals surface area contributed by atoms with Crippen LogP contribution >= 0.6 is 11.6 Å². The van der Waals surface area contributed by atoms with Crippen molar-refractivity contribution in [1.82, 2.24) is 0 Å². The van der Waals surface area contributed by atoms with Crippen LogP contribution in [0.2, 0.25) is 5.02 Å². The van der Waals surface area contributed by atoms with Gasteiger partial charge in [0.2, 0.25) is 0 Å². The molecule has 0 heterocycles. The zero-order valence-corrected chi connectivity index (χ0v) is 16.1. The molecule has 3 aromatic rings. The zero-order valence-electron chi connectivity index (χ0n) is 15.3. The van der Waals surface area contributed by atoms with Gasteiger partial charge in [0, 0.05) is 16.1 Å². The second-order valence-corrected chi connectivity index (χ2v) is 6.38. The van der Waals surface area contributed by atoms with Crippen molar-refractivity contribution in [2.24, 2.45) is 0 Å². The van der Waals surface area contributed by atoms with E-state index >= 15 is 0 Å².